The molecule has 0 bridgehead atoms. The zero-order chi connectivity index (χ0) is 15.6. The molecule has 4 rings (SSSR count). The molecule has 1 atom stereocenters. The van der Waals surface area contributed by atoms with Crippen LogP contribution >= 0.6 is 0 Å². The molecule has 1 unspecified atom stereocenters. The normalized spacial score (nSPS) is 18.4. The molecule has 0 spiro atoms. The molecule has 0 radical (unpaired) electrons. The average molecular weight is 307 g/mol. The Bertz CT molecular complexity index is 803. The third kappa shape index (κ3) is 2.84. The van der Waals surface area contributed by atoms with Gasteiger partial charge in [0.25, 0.3) is 0 Å². The quantitative estimate of drug-likeness (QED) is 0.808. The van der Waals surface area contributed by atoms with Gasteiger partial charge in [-0.3, -0.25) is 4.98 Å². The maximum absolute atomic E-state index is 4.85. The van der Waals surface area contributed by atoms with Crippen molar-refractivity contribution in [1.29, 1.82) is 0 Å². The lowest BCUT2D eigenvalue weighted by Gasteiger charge is -2.24. The van der Waals surface area contributed by atoms with Gasteiger partial charge in [-0.25, -0.2) is 9.97 Å². The minimum Gasteiger partial charge on any atom is -0.316 e. The highest BCUT2D eigenvalue weighted by Gasteiger charge is 2.19. The molecule has 1 saturated heterocycles. The van der Waals surface area contributed by atoms with Gasteiger partial charge in [0.15, 0.2) is 5.65 Å². The van der Waals surface area contributed by atoms with Crippen molar-refractivity contribution in [3.63, 3.8) is 0 Å². The van der Waals surface area contributed by atoms with Gasteiger partial charge in [0, 0.05) is 30.7 Å². The van der Waals surface area contributed by atoms with Crippen LogP contribution < -0.4 is 5.32 Å². The van der Waals surface area contributed by atoms with Crippen molar-refractivity contribution >= 4 is 11.2 Å². The Labute approximate surface area is 135 Å². The maximum atomic E-state index is 4.85. The van der Waals surface area contributed by atoms with E-state index in [9.17, 15) is 0 Å². The fraction of sp³-hybridized carbons (Fsp3) is 0.389. The third-order valence-electron chi connectivity index (χ3n) is 4.48. The molecular formula is C18H21N5. The van der Waals surface area contributed by atoms with Gasteiger partial charge < -0.3 is 9.88 Å². The fourth-order valence-electron chi connectivity index (χ4n) is 3.34. The van der Waals surface area contributed by atoms with E-state index >= 15 is 0 Å². The second kappa shape index (κ2) is 6.08. The number of pyridine rings is 2. The van der Waals surface area contributed by atoms with Crippen molar-refractivity contribution in [2.45, 2.75) is 26.3 Å². The summed E-state index contributed by atoms with van der Waals surface area (Å²) in [5.74, 6) is 1.59. The molecule has 0 amide bonds. The number of nitrogens with one attached hydrogen (secondary N) is 1. The van der Waals surface area contributed by atoms with Crippen LogP contribution in [0.1, 0.15) is 18.4 Å². The Morgan fingerprint density at radius 2 is 2.30 bits per heavy atom. The Kier molecular flexibility index (Phi) is 3.79. The van der Waals surface area contributed by atoms with Crippen molar-refractivity contribution in [3.05, 3.63) is 42.4 Å². The summed E-state index contributed by atoms with van der Waals surface area (Å²) in [7, 11) is 0. The van der Waals surface area contributed by atoms with Gasteiger partial charge >= 0.3 is 0 Å². The molecule has 1 aliphatic heterocycles. The summed E-state index contributed by atoms with van der Waals surface area (Å²) >= 11 is 0. The van der Waals surface area contributed by atoms with Crippen LogP contribution in [0.3, 0.4) is 0 Å². The summed E-state index contributed by atoms with van der Waals surface area (Å²) in [5, 5.41) is 3.50. The van der Waals surface area contributed by atoms with E-state index in [-0.39, 0.29) is 0 Å². The predicted molar refractivity (Wildman–Crippen MR) is 91.1 cm³/mol. The Morgan fingerprint density at radius 3 is 3.09 bits per heavy atom. The number of rotatable bonds is 3. The van der Waals surface area contributed by atoms with Gasteiger partial charge in [-0.05, 0) is 62.5 Å². The van der Waals surface area contributed by atoms with E-state index in [0.29, 0.717) is 5.92 Å². The Morgan fingerprint density at radius 1 is 1.35 bits per heavy atom. The number of imidazole rings is 1. The highest BCUT2D eigenvalue weighted by Crippen LogP contribution is 2.26. The molecule has 1 aliphatic rings. The topological polar surface area (TPSA) is 55.6 Å². The van der Waals surface area contributed by atoms with Gasteiger partial charge in [-0.2, -0.15) is 0 Å². The monoisotopic (exact) mass is 307 g/mol. The van der Waals surface area contributed by atoms with Crippen molar-refractivity contribution in [2.24, 2.45) is 5.92 Å². The predicted octanol–water partition coefficient (Wildman–Crippen LogP) is 2.80. The number of aromatic nitrogens is 4. The lowest BCUT2D eigenvalue weighted by Crippen LogP contribution is -2.32. The van der Waals surface area contributed by atoms with Gasteiger partial charge in [0.2, 0.25) is 0 Å². The Hall–Kier alpha value is -2.27. The first-order valence-electron chi connectivity index (χ1n) is 8.25. The second-order valence-electron chi connectivity index (χ2n) is 6.36. The van der Waals surface area contributed by atoms with Crippen LogP contribution in [0.4, 0.5) is 0 Å². The van der Waals surface area contributed by atoms with Gasteiger partial charge in [0.1, 0.15) is 11.3 Å². The average Bonchev–Trinajstić information content (AvgIpc) is 2.94. The zero-order valence-electron chi connectivity index (χ0n) is 13.4. The zero-order valence-corrected chi connectivity index (χ0v) is 13.4. The molecule has 23 heavy (non-hydrogen) atoms. The number of fused-ring (bicyclic) bond motifs is 1. The van der Waals surface area contributed by atoms with Crippen LogP contribution in [-0.4, -0.2) is 32.6 Å². The summed E-state index contributed by atoms with van der Waals surface area (Å²) < 4.78 is 2.27. The van der Waals surface area contributed by atoms with Crippen LogP contribution in [0, 0.1) is 12.8 Å². The van der Waals surface area contributed by atoms with Gasteiger partial charge in [-0.15, -0.1) is 0 Å². The molecule has 5 heteroatoms. The first-order valence-corrected chi connectivity index (χ1v) is 8.25. The van der Waals surface area contributed by atoms with Crippen LogP contribution in [0.25, 0.3) is 22.6 Å². The molecule has 1 N–H and O–H groups in total. The van der Waals surface area contributed by atoms with E-state index in [4.69, 9.17) is 4.98 Å². The SMILES string of the molecule is Cc1cnc2c(c1)nc(-c1cccnc1)n2CC1CCCNC1. The highest BCUT2D eigenvalue weighted by atomic mass is 15.1. The minimum absolute atomic E-state index is 0.625. The highest BCUT2D eigenvalue weighted by molar-refractivity contribution is 5.77. The van der Waals surface area contributed by atoms with E-state index in [2.05, 4.69) is 38.9 Å². The maximum Gasteiger partial charge on any atom is 0.160 e. The van der Waals surface area contributed by atoms with E-state index in [1.54, 1.807) is 6.20 Å². The summed E-state index contributed by atoms with van der Waals surface area (Å²) in [6.07, 6.45) is 8.09. The molecule has 0 saturated carbocycles. The number of hydrogen-bond acceptors (Lipinski definition) is 4. The van der Waals surface area contributed by atoms with E-state index in [0.717, 1.165) is 47.7 Å². The van der Waals surface area contributed by atoms with Crippen molar-refractivity contribution in [1.82, 2.24) is 24.8 Å². The summed E-state index contributed by atoms with van der Waals surface area (Å²) in [6.45, 7) is 5.20. The number of hydrogen-bond donors (Lipinski definition) is 1. The van der Waals surface area contributed by atoms with E-state index < -0.39 is 0 Å². The summed E-state index contributed by atoms with van der Waals surface area (Å²) in [5.41, 5.74) is 4.12. The molecule has 1 fully saturated rings. The largest absolute Gasteiger partial charge is 0.316 e. The molecule has 0 aromatic carbocycles. The molecule has 5 nitrogen and oxygen atoms in total. The van der Waals surface area contributed by atoms with Crippen LogP contribution in [0.2, 0.25) is 0 Å². The van der Waals surface area contributed by atoms with E-state index in [1.165, 1.54) is 12.8 Å². The fourth-order valence-corrected chi connectivity index (χ4v) is 3.34. The van der Waals surface area contributed by atoms with Gasteiger partial charge in [-0.1, -0.05) is 0 Å². The minimum atomic E-state index is 0.625. The standard InChI is InChI=1S/C18H21N5/c1-13-8-16-18(21-9-13)23(12-14-4-2-6-19-10-14)17(22-16)15-5-3-7-20-11-15/h3,5,7-9,11,14,19H,2,4,6,10,12H2,1H3. The van der Waals surface area contributed by atoms with Crippen molar-refractivity contribution < 1.29 is 0 Å². The summed E-state index contributed by atoms with van der Waals surface area (Å²) in [4.78, 5) is 13.8. The van der Waals surface area contributed by atoms with E-state index in [1.807, 2.05) is 18.5 Å². The van der Waals surface area contributed by atoms with Gasteiger partial charge in [0.05, 0.1) is 0 Å². The molecule has 3 aromatic heterocycles. The van der Waals surface area contributed by atoms with Crippen LogP contribution in [0.5, 0.6) is 0 Å². The van der Waals surface area contributed by atoms with Crippen LogP contribution in [0.15, 0.2) is 36.8 Å². The molecule has 0 aliphatic carbocycles. The lowest BCUT2D eigenvalue weighted by atomic mass is 9.99. The molecule has 4 heterocycles. The third-order valence-corrected chi connectivity index (χ3v) is 4.48. The molecule has 118 valence electrons. The number of nitrogens with zero attached hydrogens (tertiary/aromatic N) is 4. The second-order valence-corrected chi connectivity index (χ2v) is 6.36. The van der Waals surface area contributed by atoms with Crippen molar-refractivity contribution in [3.8, 4) is 11.4 Å². The number of aryl methyl sites for hydroxylation is 1. The van der Waals surface area contributed by atoms with Crippen LogP contribution in [-0.2, 0) is 6.54 Å². The molecular weight excluding hydrogens is 286 g/mol. The molecule has 3 aromatic rings. The summed E-state index contributed by atoms with van der Waals surface area (Å²) in [6, 6.07) is 6.13. The smallest absolute Gasteiger partial charge is 0.160 e. The first-order chi connectivity index (χ1) is 11.3. The Balaban J connectivity index is 1.81. The lowest BCUT2D eigenvalue weighted by molar-refractivity contribution is 0.341. The van der Waals surface area contributed by atoms with Crippen molar-refractivity contribution in [2.75, 3.05) is 13.1 Å². The first kappa shape index (κ1) is 14.3. The number of piperidine rings is 1.